The van der Waals surface area contributed by atoms with Gasteiger partial charge in [0.05, 0.1) is 4.92 Å². The molecular weight excluding hydrogens is 334 g/mol. The van der Waals surface area contributed by atoms with Gasteiger partial charge in [-0.05, 0) is 24.3 Å². The maximum absolute atomic E-state index is 12.1. The molecule has 8 heteroatoms. The molecule has 0 atom stereocenters. The largest absolute Gasteiger partial charge is 0.354 e. The van der Waals surface area contributed by atoms with Gasteiger partial charge in [0.15, 0.2) is 0 Å². The number of hydrogen-bond acceptors (Lipinski definition) is 6. The number of pyridine rings is 1. The number of nitrogens with one attached hydrogen (secondary N) is 1. The van der Waals surface area contributed by atoms with Crippen LogP contribution in [0.3, 0.4) is 0 Å². The molecule has 0 radical (unpaired) electrons. The van der Waals surface area contributed by atoms with Crippen LogP contribution in [0.1, 0.15) is 6.42 Å². The highest BCUT2D eigenvalue weighted by Gasteiger charge is 2.18. The molecule has 2 aromatic rings. The summed E-state index contributed by atoms with van der Waals surface area (Å²) in [6.45, 7) is 4.25. The van der Waals surface area contributed by atoms with Crippen molar-refractivity contribution in [2.75, 3.05) is 42.9 Å². The number of non-ortho nitro benzene ring substituents is 1. The third-order valence-corrected chi connectivity index (χ3v) is 4.36. The van der Waals surface area contributed by atoms with Gasteiger partial charge >= 0.3 is 0 Å². The Morgan fingerprint density at radius 3 is 2.46 bits per heavy atom. The molecule has 26 heavy (non-hydrogen) atoms. The lowest BCUT2D eigenvalue weighted by molar-refractivity contribution is -0.384. The number of carbonyl (C=O) groups is 1. The molecule has 136 valence electrons. The molecule has 0 bridgehead atoms. The van der Waals surface area contributed by atoms with Crippen molar-refractivity contribution in [3.05, 3.63) is 58.8 Å². The van der Waals surface area contributed by atoms with E-state index in [1.165, 1.54) is 12.1 Å². The van der Waals surface area contributed by atoms with Gasteiger partial charge in [0.2, 0.25) is 5.91 Å². The number of nitrogens with zero attached hydrogens (tertiary/aromatic N) is 4. The van der Waals surface area contributed by atoms with Gasteiger partial charge in [-0.15, -0.1) is 0 Å². The summed E-state index contributed by atoms with van der Waals surface area (Å²) in [6, 6.07) is 11.7. The van der Waals surface area contributed by atoms with Crippen LogP contribution in [0.4, 0.5) is 17.2 Å². The van der Waals surface area contributed by atoms with E-state index in [0.717, 1.165) is 32.0 Å². The Labute approximate surface area is 151 Å². The number of amides is 1. The number of aromatic nitrogens is 1. The molecule has 2 heterocycles. The van der Waals surface area contributed by atoms with E-state index in [2.05, 4.69) is 20.1 Å². The molecule has 0 saturated carbocycles. The van der Waals surface area contributed by atoms with E-state index in [-0.39, 0.29) is 11.6 Å². The van der Waals surface area contributed by atoms with Crippen molar-refractivity contribution in [2.45, 2.75) is 6.42 Å². The Kier molecular flexibility index (Phi) is 5.75. The van der Waals surface area contributed by atoms with E-state index in [1.807, 2.05) is 18.2 Å². The Morgan fingerprint density at radius 1 is 1.12 bits per heavy atom. The second-order valence-corrected chi connectivity index (χ2v) is 6.12. The predicted molar refractivity (Wildman–Crippen MR) is 99.2 cm³/mol. The van der Waals surface area contributed by atoms with Gasteiger partial charge in [0, 0.05) is 63.2 Å². The average Bonchev–Trinajstić information content (AvgIpc) is 2.68. The van der Waals surface area contributed by atoms with Gasteiger partial charge in [-0.1, -0.05) is 6.07 Å². The highest BCUT2D eigenvalue weighted by atomic mass is 16.6. The van der Waals surface area contributed by atoms with Crippen LogP contribution in [0.25, 0.3) is 0 Å². The molecule has 1 aliphatic heterocycles. The number of carbonyl (C=O) groups excluding carboxylic acids is 1. The summed E-state index contributed by atoms with van der Waals surface area (Å²) >= 11 is 0. The number of piperazine rings is 1. The summed E-state index contributed by atoms with van der Waals surface area (Å²) < 4.78 is 0. The zero-order chi connectivity index (χ0) is 18.4. The summed E-state index contributed by atoms with van der Waals surface area (Å²) in [4.78, 5) is 31.1. The quantitative estimate of drug-likeness (QED) is 0.630. The molecule has 1 fully saturated rings. The van der Waals surface area contributed by atoms with Crippen molar-refractivity contribution in [1.82, 2.24) is 9.88 Å². The van der Waals surface area contributed by atoms with Crippen LogP contribution in [0.2, 0.25) is 0 Å². The molecular formula is C18H21N5O3. The summed E-state index contributed by atoms with van der Waals surface area (Å²) in [5, 5.41) is 13.4. The van der Waals surface area contributed by atoms with Gasteiger partial charge < -0.3 is 10.2 Å². The number of benzene rings is 1. The van der Waals surface area contributed by atoms with Crippen molar-refractivity contribution in [3.8, 4) is 0 Å². The van der Waals surface area contributed by atoms with Crippen molar-refractivity contribution < 1.29 is 9.72 Å². The van der Waals surface area contributed by atoms with Crippen molar-refractivity contribution in [1.29, 1.82) is 0 Å². The maximum Gasteiger partial charge on any atom is 0.269 e. The average molecular weight is 355 g/mol. The molecule has 3 rings (SSSR count). The normalized spacial score (nSPS) is 14.8. The zero-order valence-corrected chi connectivity index (χ0v) is 14.4. The van der Waals surface area contributed by atoms with Crippen molar-refractivity contribution >= 4 is 23.1 Å². The molecule has 0 unspecified atom stereocenters. The van der Waals surface area contributed by atoms with E-state index in [1.54, 1.807) is 18.3 Å². The molecule has 1 N–H and O–H groups in total. The molecule has 1 aromatic carbocycles. The fraction of sp³-hybridized carbons (Fsp3) is 0.333. The van der Waals surface area contributed by atoms with Crippen LogP contribution in [-0.4, -0.2) is 53.4 Å². The number of hydrogen-bond donors (Lipinski definition) is 1. The second kappa shape index (κ2) is 8.39. The molecule has 1 aromatic heterocycles. The number of rotatable bonds is 6. The van der Waals surface area contributed by atoms with Crippen LogP contribution in [0.15, 0.2) is 48.7 Å². The highest BCUT2D eigenvalue weighted by Crippen LogP contribution is 2.16. The molecule has 1 amide bonds. The minimum absolute atomic E-state index is 0.00813. The van der Waals surface area contributed by atoms with Crippen molar-refractivity contribution in [2.24, 2.45) is 0 Å². The van der Waals surface area contributed by atoms with Gasteiger partial charge in [-0.2, -0.15) is 0 Å². The van der Waals surface area contributed by atoms with E-state index in [4.69, 9.17) is 0 Å². The van der Waals surface area contributed by atoms with Crippen LogP contribution in [0.5, 0.6) is 0 Å². The Balaban J connectivity index is 1.40. The smallest absolute Gasteiger partial charge is 0.269 e. The van der Waals surface area contributed by atoms with Crippen LogP contribution in [0, 0.1) is 10.1 Å². The minimum Gasteiger partial charge on any atom is -0.354 e. The minimum atomic E-state index is -0.462. The summed E-state index contributed by atoms with van der Waals surface area (Å²) in [5.74, 6) is 0.897. The fourth-order valence-corrected chi connectivity index (χ4v) is 2.89. The topological polar surface area (TPSA) is 91.6 Å². The van der Waals surface area contributed by atoms with E-state index in [0.29, 0.717) is 18.7 Å². The van der Waals surface area contributed by atoms with Gasteiger partial charge in [-0.3, -0.25) is 19.8 Å². The summed E-state index contributed by atoms with van der Waals surface area (Å²) in [5.41, 5.74) is 0.578. The monoisotopic (exact) mass is 355 g/mol. The van der Waals surface area contributed by atoms with Gasteiger partial charge in [-0.25, -0.2) is 4.98 Å². The van der Waals surface area contributed by atoms with Gasteiger partial charge in [0.25, 0.3) is 5.69 Å². The molecule has 0 aliphatic carbocycles. The third-order valence-electron chi connectivity index (χ3n) is 4.36. The Morgan fingerprint density at radius 2 is 1.85 bits per heavy atom. The third kappa shape index (κ3) is 4.76. The molecule has 1 aliphatic rings. The van der Waals surface area contributed by atoms with Crippen LogP contribution in [-0.2, 0) is 4.79 Å². The first kappa shape index (κ1) is 17.8. The number of anilines is 2. The molecule has 8 nitrogen and oxygen atoms in total. The van der Waals surface area contributed by atoms with Crippen molar-refractivity contribution in [3.63, 3.8) is 0 Å². The molecule has 0 spiro atoms. The van der Waals surface area contributed by atoms with Crippen LogP contribution < -0.4 is 10.2 Å². The first-order valence-electron chi connectivity index (χ1n) is 8.54. The lowest BCUT2D eigenvalue weighted by Crippen LogP contribution is -2.47. The first-order chi connectivity index (χ1) is 12.6. The van der Waals surface area contributed by atoms with E-state index >= 15 is 0 Å². The number of nitro benzene ring substituents is 1. The second-order valence-electron chi connectivity index (χ2n) is 6.12. The van der Waals surface area contributed by atoms with E-state index < -0.39 is 4.92 Å². The first-order valence-corrected chi connectivity index (χ1v) is 8.54. The number of nitro groups is 1. The Bertz CT molecular complexity index is 743. The fourth-order valence-electron chi connectivity index (χ4n) is 2.89. The lowest BCUT2D eigenvalue weighted by atomic mass is 10.2. The zero-order valence-electron chi connectivity index (χ0n) is 14.4. The Hall–Kier alpha value is -3.00. The van der Waals surface area contributed by atoms with E-state index in [9.17, 15) is 14.9 Å². The van der Waals surface area contributed by atoms with Crippen LogP contribution >= 0.6 is 0 Å². The van der Waals surface area contributed by atoms with Gasteiger partial charge in [0.1, 0.15) is 5.82 Å². The molecule has 1 saturated heterocycles. The lowest BCUT2D eigenvalue weighted by Gasteiger charge is -2.35. The SMILES string of the molecule is O=C(CCN1CCN(c2ccccn2)CC1)Nc1ccc([N+](=O)[O-])cc1. The summed E-state index contributed by atoms with van der Waals surface area (Å²) in [7, 11) is 0. The maximum atomic E-state index is 12.1. The highest BCUT2D eigenvalue weighted by molar-refractivity contribution is 5.90. The summed E-state index contributed by atoms with van der Waals surface area (Å²) in [6.07, 6.45) is 2.19. The standard InChI is InChI=1S/C18H21N5O3/c24-18(20-15-4-6-16(7-5-15)23(25)26)8-10-21-11-13-22(14-12-21)17-3-1-2-9-19-17/h1-7,9H,8,10-14H2,(H,20,24). The predicted octanol–water partition coefficient (Wildman–Crippen LogP) is 2.14.